The van der Waals surface area contributed by atoms with Gasteiger partial charge in [0.2, 0.25) is 6.79 Å². The molecule has 2 aromatic carbocycles. The van der Waals surface area contributed by atoms with E-state index in [1.54, 1.807) is 7.11 Å². The number of para-hydroxylation sites is 1. The number of methoxy groups -OCH3 is 1. The molecule has 2 aliphatic rings. The fourth-order valence-corrected chi connectivity index (χ4v) is 3.54. The first kappa shape index (κ1) is 21.5. The van der Waals surface area contributed by atoms with E-state index in [1.807, 2.05) is 30.3 Å². The quantitative estimate of drug-likeness (QED) is 0.338. The summed E-state index contributed by atoms with van der Waals surface area (Å²) in [6, 6.07) is 14.3. The zero-order valence-corrected chi connectivity index (χ0v) is 19.2. The Morgan fingerprint density at radius 3 is 2.66 bits per heavy atom. The van der Waals surface area contributed by atoms with Gasteiger partial charge < -0.3 is 24.8 Å². The van der Waals surface area contributed by atoms with Crippen LogP contribution < -0.4 is 24.8 Å². The predicted molar refractivity (Wildman–Crippen MR) is 125 cm³/mol. The first-order chi connectivity index (χ1) is 13.7. The van der Waals surface area contributed by atoms with Crippen molar-refractivity contribution in [2.75, 3.05) is 27.0 Å². The van der Waals surface area contributed by atoms with Gasteiger partial charge in [0, 0.05) is 24.1 Å². The molecule has 1 heterocycles. The molecule has 0 saturated heterocycles. The number of aliphatic imine (C=N–C) groups is 1. The summed E-state index contributed by atoms with van der Waals surface area (Å²) in [6.45, 7) is 4.60. The molecule has 0 bridgehead atoms. The average Bonchev–Trinajstić information content (AvgIpc) is 3.38. The van der Waals surface area contributed by atoms with Crippen molar-refractivity contribution in [3.63, 3.8) is 0 Å². The van der Waals surface area contributed by atoms with E-state index < -0.39 is 0 Å². The molecule has 4 rings (SSSR count). The molecular weight excluding hydrogens is 481 g/mol. The molecule has 29 heavy (non-hydrogen) atoms. The van der Waals surface area contributed by atoms with E-state index in [0.29, 0.717) is 13.3 Å². The van der Waals surface area contributed by atoms with Crippen LogP contribution in [0.4, 0.5) is 0 Å². The van der Waals surface area contributed by atoms with Crippen LogP contribution in [0.5, 0.6) is 17.2 Å². The number of rotatable bonds is 7. The first-order valence-electron chi connectivity index (χ1n) is 9.78. The number of ether oxygens (including phenoxy) is 3. The lowest BCUT2D eigenvalue weighted by molar-refractivity contribution is 0.174. The van der Waals surface area contributed by atoms with Crippen molar-refractivity contribution in [2.24, 2.45) is 4.99 Å². The minimum atomic E-state index is 0. The number of fused-ring (bicyclic) bond motifs is 1. The van der Waals surface area contributed by atoms with Crippen LogP contribution in [0.2, 0.25) is 0 Å². The van der Waals surface area contributed by atoms with Gasteiger partial charge in [-0.2, -0.15) is 0 Å². The lowest BCUT2D eigenvalue weighted by Gasteiger charge is -2.19. The van der Waals surface area contributed by atoms with Crippen LogP contribution in [0.15, 0.2) is 47.5 Å². The molecule has 1 aliphatic heterocycles. The van der Waals surface area contributed by atoms with Crippen LogP contribution in [-0.2, 0) is 12.0 Å². The number of nitrogens with one attached hydrogen (secondary N) is 2. The highest BCUT2D eigenvalue weighted by atomic mass is 127. The smallest absolute Gasteiger partial charge is 0.231 e. The molecule has 2 N–H and O–H groups in total. The number of halogens is 1. The summed E-state index contributed by atoms with van der Waals surface area (Å²) in [4.78, 5) is 4.74. The Hall–Kier alpha value is -2.16. The summed E-state index contributed by atoms with van der Waals surface area (Å²) in [6.07, 6.45) is 2.32. The third-order valence-corrected chi connectivity index (χ3v) is 5.38. The minimum absolute atomic E-state index is 0. The molecular formula is C22H28IN3O3. The Kier molecular flexibility index (Phi) is 7.10. The summed E-state index contributed by atoms with van der Waals surface area (Å²) in [5, 5.41) is 6.86. The molecule has 0 spiro atoms. The van der Waals surface area contributed by atoms with E-state index >= 15 is 0 Å². The molecule has 1 fully saturated rings. The number of hydrogen-bond donors (Lipinski definition) is 2. The van der Waals surface area contributed by atoms with Crippen molar-refractivity contribution < 1.29 is 14.2 Å². The van der Waals surface area contributed by atoms with E-state index in [1.165, 1.54) is 5.56 Å². The van der Waals surface area contributed by atoms with Gasteiger partial charge in [-0.15, -0.1) is 24.0 Å². The standard InChI is InChI=1S/C22H27N3O3.HI/c1-3-23-21(24-13-16-6-4-5-7-18(16)26-2)25-14-22(10-11-22)17-8-9-19-20(12-17)28-15-27-19;/h4-9,12H,3,10-11,13-15H2,1-2H3,(H2,23,24,25);1H. The number of nitrogens with zero attached hydrogens (tertiary/aromatic N) is 1. The largest absolute Gasteiger partial charge is 0.496 e. The number of benzene rings is 2. The molecule has 1 aliphatic carbocycles. The van der Waals surface area contributed by atoms with Crippen molar-refractivity contribution in [3.05, 3.63) is 53.6 Å². The molecule has 2 aromatic rings. The van der Waals surface area contributed by atoms with Crippen LogP contribution in [0.25, 0.3) is 0 Å². The third kappa shape index (κ3) is 4.88. The van der Waals surface area contributed by atoms with E-state index in [0.717, 1.165) is 54.7 Å². The van der Waals surface area contributed by atoms with Gasteiger partial charge >= 0.3 is 0 Å². The highest BCUT2D eigenvalue weighted by Gasteiger charge is 2.44. The van der Waals surface area contributed by atoms with Gasteiger partial charge in [0.05, 0.1) is 13.7 Å². The Morgan fingerprint density at radius 2 is 1.90 bits per heavy atom. The zero-order valence-electron chi connectivity index (χ0n) is 16.9. The van der Waals surface area contributed by atoms with Gasteiger partial charge in [0.25, 0.3) is 0 Å². The van der Waals surface area contributed by atoms with Crippen molar-refractivity contribution in [2.45, 2.75) is 31.7 Å². The van der Waals surface area contributed by atoms with Gasteiger partial charge in [0.15, 0.2) is 17.5 Å². The minimum Gasteiger partial charge on any atom is -0.496 e. The van der Waals surface area contributed by atoms with Crippen molar-refractivity contribution in [1.82, 2.24) is 10.6 Å². The molecule has 0 atom stereocenters. The van der Waals surface area contributed by atoms with Gasteiger partial charge in [-0.3, -0.25) is 0 Å². The maximum atomic E-state index is 5.55. The molecule has 0 radical (unpaired) electrons. The summed E-state index contributed by atoms with van der Waals surface area (Å²) in [7, 11) is 1.69. The monoisotopic (exact) mass is 509 g/mol. The SMILES string of the molecule is CCNC(=NCc1ccccc1OC)NCC1(c2ccc3c(c2)OCO3)CC1.I. The van der Waals surface area contributed by atoms with Crippen LogP contribution in [0, 0.1) is 0 Å². The topological polar surface area (TPSA) is 64.1 Å². The summed E-state index contributed by atoms with van der Waals surface area (Å²) >= 11 is 0. The van der Waals surface area contributed by atoms with Crippen molar-refractivity contribution >= 4 is 29.9 Å². The molecule has 1 saturated carbocycles. The summed E-state index contributed by atoms with van der Waals surface area (Å²) < 4.78 is 16.4. The maximum Gasteiger partial charge on any atom is 0.231 e. The zero-order chi connectivity index (χ0) is 19.4. The van der Waals surface area contributed by atoms with Crippen LogP contribution in [0.3, 0.4) is 0 Å². The fraction of sp³-hybridized carbons (Fsp3) is 0.409. The van der Waals surface area contributed by atoms with Crippen molar-refractivity contribution in [3.8, 4) is 17.2 Å². The second-order valence-electron chi connectivity index (χ2n) is 7.21. The maximum absolute atomic E-state index is 5.55. The predicted octanol–water partition coefficient (Wildman–Crippen LogP) is 3.83. The lowest BCUT2D eigenvalue weighted by atomic mass is 9.95. The van der Waals surface area contributed by atoms with Crippen LogP contribution in [-0.4, -0.2) is 33.0 Å². The molecule has 0 aromatic heterocycles. The molecule has 6 nitrogen and oxygen atoms in total. The van der Waals surface area contributed by atoms with Gasteiger partial charge in [-0.25, -0.2) is 4.99 Å². The molecule has 0 amide bonds. The van der Waals surface area contributed by atoms with Gasteiger partial charge in [0.1, 0.15) is 5.75 Å². The van der Waals surface area contributed by atoms with Crippen LogP contribution >= 0.6 is 24.0 Å². The van der Waals surface area contributed by atoms with Gasteiger partial charge in [-0.05, 0) is 43.5 Å². The lowest BCUT2D eigenvalue weighted by Crippen LogP contribution is -2.41. The number of hydrogen-bond acceptors (Lipinski definition) is 4. The van der Waals surface area contributed by atoms with Gasteiger partial charge in [-0.1, -0.05) is 24.3 Å². The Labute approximate surface area is 189 Å². The Balaban J connectivity index is 0.00000240. The number of guanidine groups is 1. The fourth-order valence-electron chi connectivity index (χ4n) is 3.54. The third-order valence-electron chi connectivity index (χ3n) is 5.38. The average molecular weight is 509 g/mol. The van der Waals surface area contributed by atoms with E-state index in [2.05, 4.69) is 29.7 Å². The Bertz CT molecular complexity index is 868. The van der Waals surface area contributed by atoms with Crippen molar-refractivity contribution in [1.29, 1.82) is 0 Å². The molecule has 7 heteroatoms. The van der Waals surface area contributed by atoms with E-state index in [9.17, 15) is 0 Å². The van der Waals surface area contributed by atoms with E-state index in [-0.39, 0.29) is 29.4 Å². The summed E-state index contributed by atoms with van der Waals surface area (Å²) in [5.41, 5.74) is 2.51. The molecule has 156 valence electrons. The van der Waals surface area contributed by atoms with Crippen LogP contribution in [0.1, 0.15) is 30.9 Å². The highest BCUT2D eigenvalue weighted by molar-refractivity contribution is 14.0. The second kappa shape index (κ2) is 9.56. The normalized spacial score (nSPS) is 16.0. The second-order valence-corrected chi connectivity index (χ2v) is 7.21. The van der Waals surface area contributed by atoms with E-state index in [4.69, 9.17) is 19.2 Å². The molecule has 0 unspecified atom stereocenters. The Morgan fingerprint density at radius 1 is 1.10 bits per heavy atom. The first-order valence-corrected chi connectivity index (χ1v) is 9.78. The summed E-state index contributed by atoms with van der Waals surface area (Å²) in [5.74, 6) is 3.36. The highest BCUT2D eigenvalue weighted by Crippen LogP contribution is 2.49.